The predicted octanol–water partition coefficient (Wildman–Crippen LogP) is 10.1. The van der Waals surface area contributed by atoms with Crippen LogP contribution in [0, 0.1) is 0 Å². The molecule has 0 radical (unpaired) electrons. The zero-order chi connectivity index (χ0) is 33.7. The molecule has 4 nitrogen and oxygen atoms in total. The molecule has 4 aliphatic heterocycles. The molecule has 0 aromatic heterocycles. The van der Waals surface area contributed by atoms with Crippen molar-refractivity contribution < 1.29 is 18.9 Å². The van der Waals surface area contributed by atoms with Crippen LogP contribution in [0.3, 0.4) is 0 Å². The Kier molecular flexibility index (Phi) is 7.83. The van der Waals surface area contributed by atoms with Crippen LogP contribution in [-0.2, 0) is 18.9 Å². The van der Waals surface area contributed by atoms with Gasteiger partial charge in [0.2, 0.25) is 0 Å². The third-order valence-electron chi connectivity index (χ3n) is 11.4. The highest BCUT2D eigenvalue weighted by Crippen LogP contribution is 2.71. The van der Waals surface area contributed by atoms with E-state index < -0.39 is 27.4 Å². The minimum absolute atomic E-state index is 0.00161. The van der Waals surface area contributed by atoms with Gasteiger partial charge >= 0.3 is 0 Å². The second-order valence-corrected chi connectivity index (χ2v) is 24.4. The number of fused-ring (bicyclic) bond motifs is 2. The van der Waals surface area contributed by atoms with E-state index in [0.29, 0.717) is 26.4 Å². The van der Waals surface area contributed by atoms with E-state index in [9.17, 15) is 0 Å². The van der Waals surface area contributed by atoms with Gasteiger partial charge in [-0.3, -0.25) is 0 Å². The molecule has 4 saturated heterocycles. The van der Waals surface area contributed by atoms with E-state index in [0.717, 1.165) is 25.7 Å². The number of rotatable bonds is 3. The summed E-state index contributed by atoms with van der Waals surface area (Å²) in [6.07, 6.45) is 3.66. The van der Waals surface area contributed by atoms with Gasteiger partial charge in [0.25, 0.3) is 0 Å². The molecule has 4 aliphatic rings. The van der Waals surface area contributed by atoms with E-state index in [2.05, 4.69) is 128 Å². The summed E-state index contributed by atoms with van der Waals surface area (Å²) in [5, 5.41) is 8.37. The lowest BCUT2D eigenvalue weighted by molar-refractivity contribution is -0.179. The lowest BCUT2D eigenvalue weighted by Gasteiger charge is -2.56. The van der Waals surface area contributed by atoms with Crippen molar-refractivity contribution in [3.63, 3.8) is 0 Å². The molecule has 2 spiro atoms. The van der Waals surface area contributed by atoms with E-state index >= 15 is 0 Å². The number of benzene rings is 4. The fourth-order valence-corrected chi connectivity index (χ4v) is 19.7. The molecule has 0 bridgehead atoms. The first-order valence-corrected chi connectivity index (χ1v) is 20.6. The molecule has 4 aromatic carbocycles. The molecule has 0 saturated carbocycles. The van der Waals surface area contributed by atoms with Gasteiger partial charge in [0.15, 0.2) is 11.6 Å². The van der Waals surface area contributed by atoms with E-state index in [1.165, 1.54) is 43.3 Å². The van der Waals surface area contributed by atoms with Crippen LogP contribution in [-0.4, -0.2) is 58.6 Å². The molecule has 0 aliphatic carbocycles. The molecular weight excluding hydrogens is 630 g/mol. The van der Waals surface area contributed by atoms with Crippen molar-refractivity contribution in [2.75, 3.05) is 26.4 Å². The van der Waals surface area contributed by atoms with Crippen LogP contribution in [0.5, 0.6) is 0 Å². The van der Waals surface area contributed by atoms with Crippen LogP contribution in [0.4, 0.5) is 0 Å². The largest absolute Gasteiger partial charge is 0.347 e. The summed E-state index contributed by atoms with van der Waals surface area (Å²) >= 11 is 0. The minimum atomic E-state index is -0.651. The Balaban J connectivity index is 1.41. The Hall–Kier alpha value is -1.90. The highest BCUT2D eigenvalue weighted by Gasteiger charge is 2.59. The molecule has 4 fully saturated rings. The van der Waals surface area contributed by atoms with Gasteiger partial charge < -0.3 is 18.9 Å². The Morgan fingerprint density at radius 3 is 1.06 bits per heavy atom. The van der Waals surface area contributed by atoms with Crippen LogP contribution in [0.1, 0.15) is 81.1 Å². The van der Waals surface area contributed by atoms with Crippen molar-refractivity contribution in [3.8, 4) is 11.1 Å². The molecular formula is C42H52O4P2. The Bertz CT molecular complexity index is 1700. The molecule has 254 valence electrons. The minimum Gasteiger partial charge on any atom is -0.347 e. The van der Waals surface area contributed by atoms with E-state index in [-0.39, 0.29) is 20.6 Å². The van der Waals surface area contributed by atoms with Gasteiger partial charge in [-0.2, -0.15) is 0 Å². The van der Waals surface area contributed by atoms with Crippen molar-refractivity contribution in [2.24, 2.45) is 0 Å². The van der Waals surface area contributed by atoms with Crippen molar-refractivity contribution in [1.82, 2.24) is 0 Å². The number of ether oxygens (including phenoxy) is 4. The van der Waals surface area contributed by atoms with Crippen molar-refractivity contribution in [2.45, 2.75) is 113 Å². The van der Waals surface area contributed by atoms with Gasteiger partial charge in [-0.1, -0.05) is 144 Å². The lowest BCUT2D eigenvalue weighted by atomic mass is 9.91. The average Bonchev–Trinajstić information content (AvgIpc) is 3.63. The van der Waals surface area contributed by atoms with Crippen LogP contribution in [0.2, 0.25) is 0 Å². The molecule has 0 unspecified atom stereocenters. The Morgan fingerprint density at radius 1 is 0.417 bits per heavy atom. The van der Waals surface area contributed by atoms with Crippen LogP contribution in [0.25, 0.3) is 32.7 Å². The highest BCUT2D eigenvalue weighted by atomic mass is 31.1. The highest BCUT2D eigenvalue weighted by molar-refractivity contribution is 7.69. The predicted molar refractivity (Wildman–Crippen MR) is 204 cm³/mol. The Morgan fingerprint density at radius 2 is 0.729 bits per heavy atom. The van der Waals surface area contributed by atoms with E-state index in [4.69, 9.17) is 18.9 Å². The first-order valence-electron chi connectivity index (χ1n) is 17.9. The zero-order valence-corrected chi connectivity index (χ0v) is 31.9. The fourth-order valence-electron chi connectivity index (χ4n) is 10.8. The Labute approximate surface area is 289 Å². The fraction of sp³-hybridized carbons (Fsp3) is 0.524. The summed E-state index contributed by atoms with van der Waals surface area (Å²) in [4.78, 5) is 0. The van der Waals surface area contributed by atoms with Gasteiger partial charge in [-0.05, 0) is 63.9 Å². The monoisotopic (exact) mass is 682 g/mol. The zero-order valence-electron chi connectivity index (χ0n) is 30.1. The summed E-state index contributed by atoms with van der Waals surface area (Å²) < 4.78 is 25.7. The van der Waals surface area contributed by atoms with E-state index in [1.807, 2.05) is 0 Å². The molecule has 0 atom stereocenters. The normalized spacial score (nSPS) is 25.8. The molecule has 0 amide bonds. The molecule has 4 aromatic rings. The third-order valence-corrected chi connectivity index (χ3v) is 18.6. The second kappa shape index (κ2) is 11.3. The van der Waals surface area contributed by atoms with Crippen molar-refractivity contribution in [1.29, 1.82) is 0 Å². The molecule has 8 rings (SSSR count). The van der Waals surface area contributed by atoms with Crippen LogP contribution in [0.15, 0.2) is 72.8 Å². The second-order valence-electron chi connectivity index (χ2n) is 17.2. The summed E-state index contributed by atoms with van der Waals surface area (Å²) in [5.74, 6) is -0.958. The van der Waals surface area contributed by atoms with Gasteiger partial charge in [-0.25, -0.2) is 0 Å². The third kappa shape index (κ3) is 5.32. The summed E-state index contributed by atoms with van der Waals surface area (Å²) in [5.41, 5.74) is 2.89. The molecule has 4 heterocycles. The van der Waals surface area contributed by atoms with Gasteiger partial charge in [0.1, 0.15) is 0 Å². The number of hydrogen-bond acceptors (Lipinski definition) is 4. The SMILES string of the molecule is CC1(C)CC2(CC(C)(C)P1c1ccc3ccccc3c1-c1c(P3C(C)(C)CC4(CC3(C)C)OCCO4)ccc3ccccc13)OCCO2. The van der Waals surface area contributed by atoms with Gasteiger partial charge in [0.05, 0.1) is 26.4 Å². The quantitative estimate of drug-likeness (QED) is 0.202. The molecule has 48 heavy (non-hydrogen) atoms. The van der Waals surface area contributed by atoms with Crippen LogP contribution >= 0.6 is 15.8 Å². The first-order chi connectivity index (χ1) is 22.7. The summed E-state index contributed by atoms with van der Waals surface area (Å²) in [6, 6.07) is 28.0. The van der Waals surface area contributed by atoms with Crippen LogP contribution < -0.4 is 10.6 Å². The smallest absolute Gasteiger partial charge is 0.170 e. The average molecular weight is 683 g/mol. The van der Waals surface area contributed by atoms with Crippen molar-refractivity contribution >= 4 is 48.0 Å². The maximum atomic E-state index is 6.43. The lowest BCUT2D eigenvalue weighted by Crippen LogP contribution is -2.53. The number of hydrogen-bond donors (Lipinski definition) is 0. The maximum absolute atomic E-state index is 6.43. The molecule has 6 heteroatoms. The van der Waals surface area contributed by atoms with Gasteiger partial charge in [-0.15, -0.1) is 0 Å². The standard InChI is InChI=1S/C42H52O4P2/c1-37(2)25-41(43-21-22-44-41)26-38(3,4)47(37)33-19-17-29-13-9-11-15-31(29)35(33)36-32-16-12-10-14-30(32)18-20-34(36)48-39(5,6)27-42(28-40(48,7)8)45-23-24-46-42/h9-20H,21-28H2,1-8H3. The summed E-state index contributed by atoms with van der Waals surface area (Å²) in [6.45, 7) is 22.6. The topological polar surface area (TPSA) is 36.9 Å². The summed E-state index contributed by atoms with van der Waals surface area (Å²) in [7, 11) is -1.30. The van der Waals surface area contributed by atoms with Crippen molar-refractivity contribution in [3.05, 3.63) is 72.8 Å². The molecule has 0 N–H and O–H groups in total. The maximum Gasteiger partial charge on any atom is 0.170 e. The van der Waals surface area contributed by atoms with Gasteiger partial charge in [0, 0.05) is 25.7 Å². The van der Waals surface area contributed by atoms with E-state index in [1.54, 1.807) is 0 Å². The first kappa shape index (κ1) is 33.3.